The Morgan fingerprint density at radius 3 is 2.61 bits per heavy atom. The lowest BCUT2D eigenvalue weighted by Gasteiger charge is -2.02. The fourth-order valence-corrected chi connectivity index (χ4v) is 2.49. The van der Waals surface area contributed by atoms with Gasteiger partial charge < -0.3 is 10.3 Å². The third-order valence-electron chi connectivity index (χ3n) is 2.90. The normalized spacial score (nSPS) is 10.9. The number of nitrogens with zero attached hydrogens (tertiary/aromatic N) is 2. The Morgan fingerprint density at radius 1 is 1.28 bits per heavy atom. The van der Waals surface area contributed by atoms with Crippen molar-refractivity contribution in [3.63, 3.8) is 0 Å². The number of anilines is 1. The maximum atomic E-state index is 6.13. The van der Waals surface area contributed by atoms with Gasteiger partial charge in [0.05, 0.1) is 0 Å². The predicted molar refractivity (Wildman–Crippen MR) is 82.5 cm³/mol. The van der Waals surface area contributed by atoms with Crippen molar-refractivity contribution < 1.29 is 0 Å². The predicted octanol–water partition coefficient (Wildman–Crippen LogP) is 4.15. The molecule has 2 rings (SSSR count). The molecule has 0 unspecified atom stereocenters. The van der Waals surface area contributed by atoms with Crippen molar-refractivity contribution in [2.75, 3.05) is 5.73 Å². The van der Waals surface area contributed by atoms with Crippen LogP contribution < -0.4 is 5.73 Å². The number of hydrogen-bond donors (Lipinski definition) is 1. The van der Waals surface area contributed by atoms with Crippen molar-refractivity contribution >= 4 is 37.7 Å². The molecule has 0 aliphatic rings. The van der Waals surface area contributed by atoms with E-state index in [9.17, 15) is 0 Å². The van der Waals surface area contributed by atoms with Crippen molar-refractivity contribution in [3.8, 4) is 11.3 Å². The van der Waals surface area contributed by atoms with E-state index in [1.54, 1.807) is 0 Å². The summed E-state index contributed by atoms with van der Waals surface area (Å²) in [7, 11) is 1.96. The fraction of sp³-hybridized carbons (Fsp3) is 0.308. The molecule has 0 atom stereocenters. The summed E-state index contributed by atoms with van der Waals surface area (Å²) < 4.78 is 3.99. The topological polar surface area (TPSA) is 43.8 Å². The summed E-state index contributed by atoms with van der Waals surface area (Å²) in [4.78, 5) is 4.64. The van der Waals surface area contributed by atoms with Gasteiger partial charge in [-0.2, -0.15) is 0 Å². The lowest BCUT2D eigenvalue weighted by Crippen LogP contribution is -2.01. The molecule has 3 nitrogen and oxygen atoms in total. The SMILES string of the molecule is CCCc1nc(-c2ccc(Br)c(Br)c2)c(N)n1C. The standard InChI is InChI=1S/C13H15Br2N3/c1-3-4-11-17-12(13(16)18(11)2)8-5-6-9(14)10(15)7-8/h5-7H,3-4,16H2,1-2H3. The van der Waals surface area contributed by atoms with Crippen LogP contribution in [0.15, 0.2) is 27.1 Å². The van der Waals surface area contributed by atoms with Gasteiger partial charge in [-0.1, -0.05) is 13.0 Å². The van der Waals surface area contributed by atoms with Crippen LogP contribution in [0.1, 0.15) is 19.2 Å². The fourth-order valence-electron chi connectivity index (χ4n) is 1.86. The van der Waals surface area contributed by atoms with Crippen molar-refractivity contribution in [1.29, 1.82) is 0 Å². The summed E-state index contributed by atoms with van der Waals surface area (Å²) in [5, 5.41) is 0. The molecule has 2 N–H and O–H groups in total. The molecule has 1 aromatic heterocycles. The summed E-state index contributed by atoms with van der Waals surface area (Å²) in [5.74, 6) is 1.75. The summed E-state index contributed by atoms with van der Waals surface area (Å²) >= 11 is 6.96. The number of imidazole rings is 1. The number of nitrogens with two attached hydrogens (primary N) is 1. The van der Waals surface area contributed by atoms with Gasteiger partial charge >= 0.3 is 0 Å². The second-order valence-electron chi connectivity index (χ2n) is 4.20. The first-order valence-corrected chi connectivity index (χ1v) is 7.39. The van der Waals surface area contributed by atoms with Gasteiger partial charge in [0, 0.05) is 28.0 Å². The molecule has 0 fully saturated rings. The number of rotatable bonds is 3. The highest BCUT2D eigenvalue weighted by molar-refractivity contribution is 9.13. The molecular formula is C13H15Br2N3. The molecule has 0 aliphatic heterocycles. The van der Waals surface area contributed by atoms with E-state index in [-0.39, 0.29) is 0 Å². The van der Waals surface area contributed by atoms with E-state index in [0.29, 0.717) is 5.82 Å². The van der Waals surface area contributed by atoms with E-state index in [4.69, 9.17) is 5.73 Å². The van der Waals surface area contributed by atoms with Crippen molar-refractivity contribution in [1.82, 2.24) is 9.55 Å². The van der Waals surface area contributed by atoms with Crippen LogP contribution in [0.3, 0.4) is 0 Å². The van der Waals surface area contributed by atoms with Gasteiger partial charge in [-0.25, -0.2) is 4.98 Å². The van der Waals surface area contributed by atoms with Crippen LogP contribution in [0.5, 0.6) is 0 Å². The Kier molecular flexibility index (Phi) is 4.12. The first kappa shape index (κ1) is 13.6. The maximum Gasteiger partial charge on any atom is 0.131 e. The molecule has 0 aliphatic carbocycles. The molecule has 5 heteroatoms. The monoisotopic (exact) mass is 371 g/mol. The molecule has 0 saturated heterocycles. The molecule has 18 heavy (non-hydrogen) atoms. The third-order valence-corrected chi connectivity index (χ3v) is 4.78. The average molecular weight is 373 g/mol. The number of halogens is 2. The minimum atomic E-state index is 0.715. The van der Waals surface area contributed by atoms with Crippen LogP contribution in [0.25, 0.3) is 11.3 Å². The van der Waals surface area contributed by atoms with Gasteiger partial charge in [0.15, 0.2) is 0 Å². The van der Waals surface area contributed by atoms with Gasteiger partial charge in [0.1, 0.15) is 17.3 Å². The largest absolute Gasteiger partial charge is 0.383 e. The number of benzene rings is 1. The third kappa shape index (κ3) is 2.47. The zero-order chi connectivity index (χ0) is 13.3. The highest BCUT2D eigenvalue weighted by Gasteiger charge is 2.13. The number of nitrogen functional groups attached to an aromatic ring is 1. The first-order chi connectivity index (χ1) is 8.54. The van der Waals surface area contributed by atoms with Crippen LogP contribution in [0, 0.1) is 0 Å². The van der Waals surface area contributed by atoms with E-state index >= 15 is 0 Å². The Labute approximate surface area is 124 Å². The zero-order valence-electron chi connectivity index (χ0n) is 10.4. The van der Waals surface area contributed by atoms with Crippen molar-refractivity contribution in [2.24, 2.45) is 7.05 Å². The van der Waals surface area contributed by atoms with Gasteiger partial charge in [0.25, 0.3) is 0 Å². The van der Waals surface area contributed by atoms with Crippen LogP contribution >= 0.6 is 31.9 Å². The molecule has 0 bridgehead atoms. The second kappa shape index (κ2) is 5.45. The molecule has 2 aromatic rings. The zero-order valence-corrected chi connectivity index (χ0v) is 13.5. The number of aryl methyl sites for hydroxylation is 1. The Balaban J connectivity index is 2.50. The first-order valence-electron chi connectivity index (χ1n) is 5.81. The van der Waals surface area contributed by atoms with Gasteiger partial charge in [-0.05, 0) is 50.4 Å². The van der Waals surface area contributed by atoms with E-state index < -0.39 is 0 Å². The molecule has 0 saturated carbocycles. The van der Waals surface area contributed by atoms with Crippen LogP contribution in [-0.4, -0.2) is 9.55 Å². The second-order valence-corrected chi connectivity index (χ2v) is 5.91. The number of hydrogen-bond acceptors (Lipinski definition) is 2. The summed E-state index contributed by atoms with van der Waals surface area (Å²) in [6.07, 6.45) is 2.01. The lowest BCUT2D eigenvalue weighted by atomic mass is 10.1. The van der Waals surface area contributed by atoms with E-state index in [1.165, 1.54) is 0 Å². The highest BCUT2D eigenvalue weighted by Crippen LogP contribution is 2.31. The van der Waals surface area contributed by atoms with Gasteiger partial charge in [-0.3, -0.25) is 0 Å². The Morgan fingerprint density at radius 2 is 2.00 bits per heavy atom. The van der Waals surface area contributed by atoms with Crippen LogP contribution in [0.2, 0.25) is 0 Å². The van der Waals surface area contributed by atoms with E-state index in [1.807, 2.05) is 29.8 Å². The molecule has 1 heterocycles. The van der Waals surface area contributed by atoms with Crippen molar-refractivity contribution in [3.05, 3.63) is 33.0 Å². The Bertz CT molecular complexity index is 576. The van der Waals surface area contributed by atoms with E-state index in [0.717, 1.165) is 38.9 Å². The lowest BCUT2D eigenvalue weighted by molar-refractivity contribution is 0.764. The highest BCUT2D eigenvalue weighted by atomic mass is 79.9. The smallest absolute Gasteiger partial charge is 0.131 e. The summed E-state index contributed by atoms with van der Waals surface area (Å²) in [6.45, 7) is 2.14. The number of aromatic nitrogens is 2. The molecule has 0 amide bonds. The van der Waals surface area contributed by atoms with Gasteiger partial charge in [0.2, 0.25) is 0 Å². The Hall–Kier alpha value is -0.810. The quantitative estimate of drug-likeness (QED) is 0.879. The minimum absolute atomic E-state index is 0.715. The van der Waals surface area contributed by atoms with Gasteiger partial charge in [-0.15, -0.1) is 0 Å². The van der Waals surface area contributed by atoms with Crippen LogP contribution in [0.4, 0.5) is 5.82 Å². The van der Waals surface area contributed by atoms with Crippen LogP contribution in [-0.2, 0) is 13.5 Å². The molecule has 0 spiro atoms. The molecule has 96 valence electrons. The minimum Gasteiger partial charge on any atom is -0.383 e. The average Bonchev–Trinajstić information content (AvgIpc) is 2.62. The summed E-state index contributed by atoms with van der Waals surface area (Å²) in [5.41, 5.74) is 8.01. The summed E-state index contributed by atoms with van der Waals surface area (Å²) in [6, 6.07) is 6.04. The maximum absolute atomic E-state index is 6.13. The molecule has 1 aromatic carbocycles. The molecule has 0 radical (unpaired) electrons. The molecular weight excluding hydrogens is 358 g/mol. The van der Waals surface area contributed by atoms with E-state index in [2.05, 4.69) is 43.8 Å². The van der Waals surface area contributed by atoms with Crippen molar-refractivity contribution in [2.45, 2.75) is 19.8 Å².